The van der Waals surface area contributed by atoms with Gasteiger partial charge in [0.05, 0.1) is 12.7 Å². The summed E-state index contributed by atoms with van der Waals surface area (Å²) in [4.78, 5) is 2.32. The molecule has 0 radical (unpaired) electrons. The molecule has 5 atom stereocenters. The monoisotopic (exact) mass is 485 g/mol. The van der Waals surface area contributed by atoms with Gasteiger partial charge in [-0.15, -0.1) is 0 Å². The van der Waals surface area contributed by atoms with Crippen LogP contribution in [0.3, 0.4) is 0 Å². The van der Waals surface area contributed by atoms with E-state index < -0.39 is 23.8 Å². The molecule has 7 heteroatoms. The Morgan fingerprint density at radius 3 is 2.29 bits per heavy atom. The van der Waals surface area contributed by atoms with Gasteiger partial charge in [0.15, 0.2) is 5.79 Å². The molecule has 1 unspecified atom stereocenters. The first-order chi connectivity index (χ1) is 16.4. The molecule has 0 saturated carbocycles. The molecular weight excluding hydrogens is 434 g/mol. The van der Waals surface area contributed by atoms with Crippen molar-refractivity contribution in [1.29, 1.82) is 0 Å². The van der Waals surface area contributed by atoms with E-state index in [9.17, 15) is 5.11 Å². The maximum absolute atomic E-state index is 11.1. The SMILES string of the molecule is CCCCCCCCCCCCOC[C@@]12O[C@@H](CN3CCOC(CC)C3)[C@@H](O)[C@@H]1OC(C)(C)O2. The second-order valence-corrected chi connectivity index (χ2v) is 10.9. The summed E-state index contributed by atoms with van der Waals surface area (Å²) in [5.74, 6) is -1.84. The molecule has 0 amide bonds. The van der Waals surface area contributed by atoms with Crippen molar-refractivity contribution in [2.45, 2.75) is 134 Å². The number of rotatable bonds is 16. The van der Waals surface area contributed by atoms with Crippen molar-refractivity contribution in [2.24, 2.45) is 0 Å². The minimum Gasteiger partial charge on any atom is -0.387 e. The standard InChI is InChI=1S/C27H51NO6/c1-5-7-8-9-10-11-12-13-14-15-17-30-21-27-25(33-26(3,4)34-27)24(29)23(32-27)20-28-16-18-31-22(6-2)19-28/h22-25,29H,5-21H2,1-4H3/t22?,23-,24+,25-,27-/m0/s1. The van der Waals surface area contributed by atoms with Crippen LogP contribution < -0.4 is 0 Å². The van der Waals surface area contributed by atoms with Crippen LogP contribution in [0.15, 0.2) is 0 Å². The van der Waals surface area contributed by atoms with E-state index in [-0.39, 0.29) is 18.8 Å². The topological polar surface area (TPSA) is 69.6 Å². The number of morpholine rings is 1. The summed E-state index contributed by atoms with van der Waals surface area (Å²) in [5, 5.41) is 11.1. The molecule has 3 rings (SSSR count). The smallest absolute Gasteiger partial charge is 0.224 e. The Balaban J connectivity index is 1.37. The Morgan fingerprint density at radius 2 is 1.62 bits per heavy atom. The largest absolute Gasteiger partial charge is 0.387 e. The first-order valence-electron chi connectivity index (χ1n) is 14.0. The van der Waals surface area contributed by atoms with Crippen molar-refractivity contribution in [3.05, 3.63) is 0 Å². The highest BCUT2D eigenvalue weighted by Crippen LogP contribution is 2.45. The van der Waals surface area contributed by atoms with Gasteiger partial charge in [0.25, 0.3) is 0 Å². The highest BCUT2D eigenvalue weighted by Gasteiger charge is 2.64. The Bertz CT molecular complexity index is 575. The predicted octanol–water partition coefficient (Wildman–Crippen LogP) is 4.64. The summed E-state index contributed by atoms with van der Waals surface area (Å²) in [6.07, 6.45) is 12.6. The van der Waals surface area contributed by atoms with Gasteiger partial charge in [0, 0.05) is 26.2 Å². The summed E-state index contributed by atoms with van der Waals surface area (Å²) in [5.41, 5.74) is 0. The Hall–Kier alpha value is -0.280. The lowest BCUT2D eigenvalue weighted by molar-refractivity contribution is -0.279. The van der Waals surface area contributed by atoms with Gasteiger partial charge in [-0.1, -0.05) is 71.6 Å². The third kappa shape index (κ3) is 8.12. The van der Waals surface area contributed by atoms with E-state index in [1.807, 2.05) is 13.8 Å². The number of unbranched alkanes of at least 4 members (excludes halogenated alkanes) is 9. The first-order valence-corrected chi connectivity index (χ1v) is 14.0. The van der Waals surface area contributed by atoms with Crippen LogP contribution in [0.2, 0.25) is 0 Å². The summed E-state index contributed by atoms with van der Waals surface area (Å²) in [7, 11) is 0. The second-order valence-electron chi connectivity index (χ2n) is 10.9. The zero-order chi connectivity index (χ0) is 24.4. The predicted molar refractivity (Wildman–Crippen MR) is 133 cm³/mol. The van der Waals surface area contributed by atoms with Crippen LogP contribution in [-0.4, -0.2) is 85.5 Å². The van der Waals surface area contributed by atoms with E-state index in [4.69, 9.17) is 23.7 Å². The molecule has 0 spiro atoms. The number of hydrogen-bond acceptors (Lipinski definition) is 7. The van der Waals surface area contributed by atoms with Crippen molar-refractivity contribution in [2.75, 3.05) is 39.5 Å². The van der Waals surface area contributed by atoms with E-state index in [2.05, 4.69) is 18.7 Å². The zero-order valence-electron chi connectivity index (χ0n) is 22.3. The molecule has 3 heterocycles. The van der Waals surface area contributed by atoms with Crippen molar-refractivity contribution in [3.8, 4) is 0 Å². The van der Waals surface area contributed by atoms with E-state index >= 15 is 0 Å². The normalized spacial score (nSPS) is 33.4. The van der Waals surface area contributed by atoms with Crippen LogP contribution in [0.4, 0.5) is 0 Å². The summed E-state index contributed by atoms with van der Waals surface area (Å²) in [6, 6.07) is 0. The Kier molecular flexibility index (Phi) is 11.5. The highest BCUT2D eigenvalue weighted by atomic mass is 16.9. The van der Waals surface area contributed by atoms with E-state index in [1.165, 1.54) is 57.8 Å². The van der Waals surface area contributed by atoms with Crippen LogP contribution in [-0.2, 0) is 23.7 Å². The van der Waals surface area contributed by atoms with Crippen LogP contribution in [0.1, 0.15) is 98.3 Å². The molecule has 3 aliphatic heterocycles. The number of aliphatic hydroxyl groups excluding tert-OH is 1. The Labute approximate surface area is 207 Å². The number of hydrogen-bond donors (Lipinski definition) is 1. The van der Waals surface area contributed by atoms with Gasteiger partial charge >= 0.3 is 0 Å². The summed E-state index contributed by atoms with van der Waals surface area (Å²) >= 11 is 0. The molecule has 3 fully saturated rings. The Morgan fingerprint density at radius 1 is 0.941 bits per heavy atom. The first kappa shape index (κ1) is 28.3. The average molecular weight is 486 g/mol. The number of fused-ring (bicyclic) bond motifs is 1. The molecule has 0 aromatic carbocycles. The highest BCUT2D eigenvalue weighted by molar-refractivity contribution is 5.03. The third-order valence-corrected chi connectivity index (χ3v) is 7.37. The van der Waals surface area contributed by atoms with Gasteiger partial charge in [-0.3, -0.25) is 4.90 Å². The van der Waals surface area contributed by atoms with Crippen LogP contribution in [0, 0.1) is 0 Å². The van der Waals surface area contributed by atoms with Crippen LogP contribution in [0.25, 0.3) is 0 Å². The minimum atomic E-state index is -1.04. The summed E-state index contributed by atoms with van der Waals surface area (Å²) < 4.78 is 30.5. The fourth-order valence-electron chi connectivity index (χ4n) is 5.48. The van der Waals surface area contributed by atoms with E-state index in [1.54, 1.807) is 0 Å². The number of ether oxygens (including phenoxy) is 5. The zero-order valence-corrected chi connectivity index (χ0v) is 22.3. The van der Waals surface area contributed by atoms with Crippen molar-refractivity contribution in [1.82, 2.24) is 4.90 Å². The van der Waals surface area contributed by atoms with Crippen LogP contribution >= 0.6 is 0 Å². The van der Waals surface area contributed by atoms with Gasteiger partial charge in [-0.25, -0.2) is 0 Å². The lowest BCUT2D eigenvalue weighted by Crippen LogP contribution is -2.48. The van der Waals surface area contributed by atoms with Gasteiger partial charge in [-0.2, -0.15) is 0 Å². The molecule has 34 heavy (non-hydrogen) atoms. The molecule has 3 saturated heterocycles. The molecule has 3 aliphatic rings. The molecule has 0 aromatic heterocycles. The van der Waals surface area contributed by atoms with Gasteiger partial charge in [0.1, 0.15) is 24.9 Å². The van der Waals surface area contributed by atoms with Crippen molar-refractivity contribution in [3.63, 3.8) is 0 Å². The minimum absolute atomic E-state index is 0.247. The van der Waals surface area contributed by atoms with E-state index in [0.717, 1.165) is 32.5 Å². The number of aliphatic hydroxyl groups is 1. The molecule has 0 bridgehead atoms. The van der Waals surface area contributed by atoms with Gasteiger partial charge < -0.3 is 28.8 Å². The lowest BCUT2D eigenvalue weighted by Gasteiger charge is -2.35. The van der Waals surface area contributed by atoms with Crippen molar-refractivity contribution >= 4 is 0 Å². The average Bonchev–Trinajstić information content (AvgIpc) is 3.21. The quantitative estimate of drug-likeness (QED) is 0.319. The molecule has 7 nitrogen and oxygen atoms in total. The molecule has 1 N–H and O–H groups in total. The van der Waals surface area contributed by atoms with Crippen LogP contribution in [0.5, 0.6) is 0 Å². The number of nitrogens with zero attached hydrogens (tertiary/aromatic N) is 1. The molecular formula is C27H51NO6. The maximum Gasteiger partial charge on any atom is 0.224 e. The maximum atomic E-state index is 11.1. The molecule has 0 aliphatic carbocycles. The van der Waals surface area contributed by atoms with Gasteiger partial charge in [0.2, 0.25) is 5.79 Å². The molecule has 200 valence electrons. The molecule has 0 aromatic rings. The summed E-state index contributed by atoms with van der Waals surface area (Å²) in [6.45, 7) is 12.2. The fourth-order valence-corrected chi connectivity index (χ4v) is 5.48. The van der Waals surface area contributed by atoms with Gasteiger partial charge in [-0.05, 0) is 26.7 Å². The fraction of sp³-hybridized carbons (Fsp3) is 1.00. The van der Waals surface area contributed by atoms with E-state index in [0.29, 0.717) is 13.2 Å². The van der Waals surface area contributed by atoms with Crippen molar-refractivity contribution < 1.29 is 28.8 Å². The third-order valence-electron chi connectivity index (χ3n) is 7.37. The lowest BCUT2D eigenvalue weighted by atomic mass is 10.0. The second kappa shape index (κ2) is 13.9.